The Morgan fingerprint density at radius 3 is 2.56 bits per heavy atom. The summed E-state index contributed by atoms with van der Waals surface area (Å²) in [7, 11) is 3.44. The lowest BCUT2D eigenvalue weighted by Crippen LogP contribution is -2.38. The van der Waals surface area contributed by atoms with Gasteiger partial charge in [0.1, 0.15) is 5.75 Å². The van der Waals surface area contributed by atoms with Crippen molar-refractivity contribution in [1.82, 2.24) is 25.8 Å². The minimum absolute atomic E-state index is 0. The van der Waals surface area contributed by atoms with Gasteiger partial charge in [0.15, 0.2) is 5.96 Å². The highest BCUT2D eigenvalue weighted by Crippen LogP contribution is 2.20. The number of nitrogens with one attached hydrogen (secondary N) is 2. The van der Waals surface area contributed by atoms with Gasteiger partial charge in [-0.25, -0.2) is 4.98 Å². The summed E-state index contributed by atoms with van der Waals surface area (Å²) in [5, 5.41) is 11.9. The summed E-state index contributed by atoms with van der Waals surface area (Å²) >= 11 is 1.74. The first kappa shape index (κ1) is 26.0. The summed E-state index contributed by atoms with van der Waals surface area (Å²) in [5.74, 6) is 2.92. The molecule has 0 saturated heterocycles. The maximum absolute atomic E-state index is 5.38. The van der Waals surface area contributed by atoms with E-state index < -0.39 is 0 Å². The molecule has 0 bridgehead atoms. The van der Waals surface area contributed by atoms with E-state index in [4.69, 9.17) is 9.26 Å². The minimum Gasteiger partial charge on any atom is -0.497 e. The quantitative estimate of drug-likeness (QED) is 0.154. The number of rotatable bonds is 11. The Kier molecular flexibility index (Phi) is 11.4. The van der Waals surface area contributed by atoms with Gasteiger partial charge in [-0.1, -0.05) is 11.6 Å². The predicted octanol–water partition coefficient (Wildman–Crippen LogP) is 4.25. The number of ether oxygens (including phenoxy) is 1. The van der Waals surface area contributed by atoms with E-state index in [1.54, 1.807) is 25.5 Å². The lowest BCUT2D eigenvalue weighted by Gasteiger charge is -2.11. The molecular weight excluding hydrogens is 539 g/mol. The number of thiazole rings is 1. The lowest BCUT2D eigenvalue weighted by atomic mass is 10.2. The summed E-state index contributed by atoms with van der Waals surface area (Å²) in [6, 6.07) is 7.64. The van der Waals surface area contributed by atoms with Crippen LogP contribution in [0.1, 0.15) is 35.0 Å². The molecule has 2 N–H and O–H groups in total. The molecule has 0 spiro atoms. The zero-order valence-corrected chi connectivity index (χ0v) is 21.9. The Balaban J connectivity index is 0.00000363. The number of hydrogen-bond donors (Lipinski definition) is 2. The molecule has 10 heteroatoms. The number of halogens is 1. The van der Waals surface area contributed by atoms with Crippen LogP contribution in [0, 0.1) is 6.92 Å². The zero-order valence-electron chi connectivity index (χ0n) is 18.8. The van der Waals surface area contributed by atoms with Crippen molar-refractivity contribution in [2.24, 2.45) is 4.99 Å². The molecule has 2 heterocycles. The second kappa shape index (κ2) is 14.0. The average molecular weight is 571 g/mol. The molecule has 174 valence electrons. The van der Waals surface area contributed by atoms with E-state index in [1.165, 1.54) is 4.88 Å². The van der Waals surface area contributed by atoms with Gasteiger partial charge in [0.2, 0.25) is 11.7 Å². The first-order valence-electron chi connectivity index (χ1n) is 10.5. The third kappa shape index (κ3) is 8.38. The molecule has 32 heavy (non-hydrogen) atoms. The first-order chi connectivity index (χ1) is 15.2. The third-order valence-corrected chi connectivity index (χ3v) is 5.67. The van der Waals surface area contributed by atoms with Crippen molar-refractivity contribution in [3.8, 4) is 17.1 Å². The number of aryl methyl sites for hydroxylation is 2. The van der Waals surface area contributed by atoms with Crippen LogP contribution in [0.2, 0.25) is 0 Å². The maximum Gasteiger partial charge on any atom is 0.226 e. The largest absolute Gasteiger partial charge is 0.497 e. The monoisotopic (exact) mass is 570 g/mol. The minimum atomic E-state index is 0. The second-order valence-electron chi connectivity index (χ2n) is 7.09. The number of benzene rings is 1. The van der Waals surface area contributed by atoms with E-state index in [9.17, 15) is 0 Å². The molecule has 0 aliphatic carbocycles. The fourth-order valence-corrected chi connectivity index (χ4v) is 3.81. The molecule has 3 aromatic rings. The molecular formula is C22H31IN6O2S. The molecule has 0 aliphatic rings. The fraction of sp³-hybridized carbons (Fsp3) is 0.455. The van der Waals surface area contributed by atoms with Gasteiger partial charge in [-0.3, -0.25) is 4.99 Å². The van der Waals surface area contributed by atoms with Gasteiger partial charge in [0.05, 0.1) is 12.1 Å². The van der Waals surface area contributed by atoms with Gasteiger partial charge >= 0.3 is 0 Å². The SMILES string of the molecule is CN=C(NCCCCCc1nc(-c2ccc(OC)cc2)no1)NCCc1ncc(C)s1.I. The summed E-state index contributed by atoms with van der Waals surface area (Å²) in [6.07, 6.45) is 6.72. The van der Waals surface area contributed by atoms with Crippen LogP contribution >= 0.6 is 35.3 Å². The number of unbranched alkanes of at least 4 members (excludes halogenated alkanes) is 2. The van der Waals surface area contributed by atoms with Gasteiger partial charge < -0.3 is 19.9 Å². The standard InChI is InChI=1S/C22H30N6O2S.HI/c1-16-15-26-20(31-16)12-14-25-22(23-2)24-13-6-4-5-7-19-27-21(28-30-19)17-8-10-18(29-3)11-9-17;/h8-11,15H,4-7,12-14H2,1-3H3,(H2,23,24,25);1H. The number of methoxy groups -OCH3 is 1. The van der Waals surface area contributed by atoms with Crippen molar-refractivity contribution in [2.75, 3.05) is 27.2 Å². The Morgan fingerprint density at radius 1 is 1.09 bits per heavy atom. The van der Waals surface area contributed by atoms with Gasteiger partial charge in [-0.2, -0.15) is 4.98 Å². The van der Waals surface area contributed by atoms with Crippen molar-refractivity contribution < 1.29 is 9.26 Å². The van der Waals surface area contributed by atoms with Crippen molar-refractivity contribution in [1.29, 1.82) is 0 Å². The number of nitrogens with zero attached hydrogens (tertiary/aromatic N) is 4. The summed E-state index contributed by atoms with van der Waals surface area (Å²) in [5.41, 5.74) is 0.920. The summed E-state index contributed by atoms with van der Waals surface area (Å²) in [6.45, 7) is 3.77. The molecule has 0 radical (unpaired) electrons. The normalized spacial score (nSPS) is 11.2. The van der Waals surface area contributed by atoms with Crippen LogP contribution in [0.3, 0.4) is 0 Å². The summed E-state index contributed by atoms with van der Waals surface area (Å²) in [4.78, 5) is 14.4. The zero-order chi connectivity index (χ0) is 21.9. The molecule has 0 atom stereocenters. The lowest BCUT2D eigenvalue weighted by molar-refractivity contribution is 0.374. The molecule has 2 aromatic heterocycles. The number of hydrogen-bond acceptors (Lipinski definition) is 7. The molecule has 8 nitrogen and oxygen atoms in total. The molecule has 0 fully saturated rings. The number of aromatic nitrogens is 3. The smallest absolute Gasteiger partial charge is 0.226 e. The highest BCUT2D eigenvalue weighted by Gasteiger charge is 2.08. The van der Waals surface area contributed by atoms with Crippen LogP contribution in [0.5, 0.6) is 5.75 Å². The predicted molar refractivity (Wildman–Crippen MR) is 139 cm³/mol. The van der Waals surface area contributed by atoms with Gasteiger partial charge in [0.25, 0.3) is 0 Å². The first-order valence-corrected chi connectivity index (χ1v) is 11.3. The molecule has 3 rings (SSSR count). The van der Waals surface area contributed by atoms with Crippen LogP contribution in [-0.2, 0) is 12.8 Å². The Labute approximate surface area is 210 Å². The van der Waals surface area contributed by atoms with E-state index in [0.717, 1.165) is 67.5 Å². The van der Waals surface area contributed by atoms with Crippen LogP contribution in [0.25, 0.3) is 11.4 Å². The van der Waals surface area contributed by atoms with Crippen LogP contribution in [-0.4, -0.2) is 48.3 Å². The topological polar surface area (TPSA) is 97.5 Å². The van der Waals surface area contributed by atoms with E-state index in [1.807, 2.05) is 30.5 Å². The third-order valence-electron chi connectivity index (χ3n) is 4.70. The van der Waals surface area contributed by atoms with E-state index in [-0.39, 0.29) is 24.0 Å². The molecule has 0 unspecified atom stereocenters. The van der Waals surface area contributed by atoms with Gasteiger partial charge in [-0.05, 0) is 44.0 Å². The molecule has 0 amide bonds. The molecule has 0 saturated carbocycles. The van der Waals surface area contributed by atoms with E-state index >= 15 is 0 Å². The van der Waals surface area contributed by atoms with Crippen molar-refractivity contribution >= 4 is 41.3 Å². The average Bonchev–Trinajstić information content (AvgIpc) is 3.44. The van der Waals surface area contributed by atoms with Gasteiger partial charge in [0, 0.05) is 49.6 Å². The van der Waals surface area contributed by atoms with Crippen LogP contribution < -0.4 is 15.4 Å². The Hall–Kier alpha value is -2.21. The number of aliphatic imine (C=N–C) groups is 1. The summed E-state index contributed by atoms with van der Waals surface area (Å²) < 4.78 is 10.6. The highest BCUT2D eigenvalue weighted by molar-refractivity contribution is 14.0. The van der Waals surface area contributed by atoms with Gasteiger partial charge in [-0.15, -0.1) is 35.3 Å². The molecule has 0 aliphatic heterocycles. The van der Waals surface area contributed by atoms with Crippen LogP contribution in [0.4, 0.5) is 0 Å². The Bertz CT molecular complexity index is 957. The van der Waals surface area contributed by atoms with E-state index in [2.05, 4.69) is 37.7 Å². The molecule has 1 aromatic carbocycles. The van der Waals surface area contributed by atoms with Crippen molar-refractivity contribution in [2.45, 2.75) is 39.0 Å². The van der Waals surface area contributed by atoms with Crippen molar-refractivity contribution in [3.05, 3.63) is 46.2 Å². The maximum atomic E-state index is 5.38. The van der Waals surface area contributed by atoms with E-state index in [0.29, 0.717) is 11.7 Å². The number of guanidine groups is 1. The Morgan fingerprint density at radius 2 is 1.88 bits per heavy atom. The second-order valence-corrected chi connectivity index (χ2v) is 8.41. The fourth-order valence-electron chi connectivity index (χ4n) is 3.02. The highest BCUT2D eigenvalue weighted by atomic mass is 127. The van der Waals surface area contributed by atoms with Crippen LogP contribution in [0.15, 0.2) is 40.0 Å². The van der Waals surface area contributed by atoms with Crippen molar-refractivity contribution in [3.63, 3.8) is 0 Å².